The van der Waals surface area contributed by atoms with Gasteiger partial charge in [0.1, 0.15) is 5.76 Å². The zero-order valence-electron chi connectivity index (χ0n) is 14.6. The highest BCUT2D eigenvalue weighted by Crippen LogP contribution is 2.26. The molecule has 2 unspecified atom stereocenters. The molecule has 2 heterocycles. The van der Waals surface area contributed by atoms with Crippen LogP contribution in [0.3, 0.4) is 0 Å². The van der Waals surface area contributed by atoms with Crippen molar-refractivity contribution in [3.05, 3.63) is 83.0 Å². The fourth-order valence-electron chi connectivity index (χ4n) is 3.03. The van der Waals surface area contributed by atoms with Crippen molar-refractivity contribution >= 4 is 5.91 Å². The van der Waals surface area contributed by atoms with E-state index < -0.39 is 0 Å². The molecule has 1 N–H and O–H groups in total. The molecule has 0 aliphatic carbocycles. The van der Waals surface area contributed by atoms with Crippen LogP contribution in [0, 0.1) is 13.8 Å². The molecule has 0 bridgehead atoms. The molecule has 0 radical (unpaired) electrons. The van der Waals surface area contributed by atoms with Crippen molar-refractivity contribution in [2.75, 3.05) is 0 Å². The highest BCUT2D eigenvalue weighted by Gasteiger charge is 2.26. The van der Waals surface area contributed by atoms with Crippen LogP contribution < -0.4 is 5.32 Å². The number of nitrogens with one attached hydrogen (secondary N) is 1. The minimum Gasteiger partial charge on any atom is -0.361 e. The molecule has 3 aromatic rings. The van der Waals surface area contributed by atoms with Crippen molar-refractivity contribution in [3.8, 4) is 0 Å². The summed E-state index contributed by atoms with van der Waals surface area (Å²) in [4.78, 5) is 17.3. The topological polar surface area (TPSA) is 68.0 Å². The molecule has 5 heteroatoms. The molecular weight excluding hydrogens is 314 g/mol. The molecule has 5 nitrogen and oxygen atoms in total. The summed E-state index contributed by atoms with van der Waals surface area (Å²) in [6.07, 6.45) is 1.73. The maximum atomic E-state index is 12.9. The summed E-state index contributed by atoms with van der Waals surface area (Å²) in [5, 5.41) is 7.07. The summed E-state index contributed by atoms with van der Waals surface area (Å²) in [7, 11) is 0. The van der Waals surface area contributed by atoms with Crippen LogP contribution in [-0.2, 0) is 4.79 Å². The standard InChI is InChI=1S/C20H21N3O2/c1-13(18-14(2)23-25-15(18)3)20(24)22-19(16-9-5-4-6-10-16)17-11-7-8-12-21-17/h4-13,19H,1-3H3,(H,22,24). The van der Waals surface area contributed by atoms with Crippen molar-refractivity contribution in [2.45, 2.75) is 32.7 Å². The van der Waals surface area contributed by atoms with Crippen LogP contribution >= 0.6 is 0 Å². The maximum absolute atomic E-state index is 12.9. The molecular formula is C20H21N3O2. The van der Waals surface area contributed by atoms with Gasteiger partial charge in [0, 0.05) is 11.8 Å². The van der Waals surface area contributed by atoms with E-state index in [4.69, 9.17) is 4.52 Å². The smallest absolute Gasteiger partial charge is 0.228 e. The van der Waals surface area contributed by atoms with Gasteiger partial charge < -0.3 is 9.84 Å². The van der Waals surface area contributed by atoms with E-state index in [1.54, 1.807) is 6.20 Å². The van der Waals surface area contributed by atoms with Gasteiger partial charge in [0.25, 0.3) is 0 Å². The van der Waals surface area contributed by atoms with E-state index in [1.807, 2.05) is 69.3 Å². The Morgan fingerprint density at radius 2 is 1.80 bits per heavy atom. The summed E-state index contributed by atoms with van der Waals surface area (Å²) in [5.74, 6) is 0.226. The second-order valence-electron chi connectivity index (χ2n) is 6.07. The minimum absolute atomic E-state index is 0.0890. The van der Waals surface area contributed by atoms with E-state index in [9.17, 15) is 4.79 Å². The van der Waals surface area contributed by atoms with Gasteiger partial charge in [-0.3, -0.25) is 9.78 Å². The first-order valence-electron chi connectivity index (χ1n) is 8.27. The highest BCUT2D eigenvalue weighted by atomic mass is 16.5. The lowest BCUT2D eigenvalue weighted by Gasteiger charge is -2.21. The van der Waals surface area contributed by atoms with Gasteiger partial charge in [0.15, 0.2) is 0 Å². The van der Waals surface area contributed by atoms with Gasteiger partial charge in [-0.15, -0.1) is 0 Å². The molecule has 0 saturated heterocycles. The molecule has 2 atom stereocenters. The van der Waals surface area contributed by atoms with E-state index in [-0.39, 0.29) is 17.9 Å². The number of hydrogen-bond donors (Lipinski definition) is 1. The summed E-state index contributed by atoms with van der Waals surface area (Å²) in [6, 6.07) is 15.2. The van der Waals surface area contributed by atoms with Crippen LogP contribution in [0.15, 0.2) is 59.3 Å². The van der Waals surface area contributed by atoms with Gasteiger partial charge >= 0.3 is 0 Å². The highest BCUT2D eigenvalue weighted by molar-refractivity contribution is 5.84. The number of amides is 1. The number of pyridine rings is 1. The number of benzene rings is 1. The largest absolute Gasteiger partial charge is 0.361 e. The van der Waals surface area contributed by atoms with Crippen LogP contribution in [0.4, 0.5) is 0 Å². The molecule has 0 saturated carbocycles. The molecule has 128 valence electrons. The van der Waals surface area contributed by atoms with Gasteiger partial charge in [-0.25, -0.2) is 0 Å². The number of aromatic nitrogens is 2. The minimum atomic E-state index is -0.360. The first-order chi connectivity index (χ1) is 12.1. The lowest BCUT2D eigenvalue weighted by atomic mass is 9.96. The second kappa shape index (κ2) is 7.30. The van der Waals surface area contributed by atoms with Gasteiger partial charge in [0.05, 0.1) is 23.3 Å². The number of nitrogens with zero attached hydrogens (tertiary/aromatic N) is 2. The third kappa shape index (κ3) is 3.60. The summed E-state index contributed by atoms with van der Waals surface area (Å²) < 4.78 is 5.20. The molecule has 1 aromatic carbocycles. The second-order valence-corrected chi connectivity index (χ2v) is 6.07. The number of carbonyl (C=O) groups excluding carboxylic acids is 1. The molecule has 0 aliphatic heterocycles. The first kappa shape index (κ1) is 16.9. The maximum Gasteiger partial charge on any atom is 0.228 e. The fourth-order valence-corrected chi connectivity index (χ4v) is 3.03. The zero-order valence-corrected chi connectivity index (χ0v) is 14.6. The average Bonchev–Trinajstić information content (AvgIpc) is 2.98. The quantitative estimate of drug-likeness (QED) is 0.772. The van der Waals surface area contributed by atoms with E-state index in [0.29, 0.717) is 5.76 Å². The summed E-state index contributed by atoms with van der Waals surface area (Å²) in [6.45, 7) is 5.54. The molecule has 0 spiro atoms. The monoisotopic (exact) mass is 335 g/mol. The molecule has 3 rings (SSSR count). The Balaban J connectivity index is 1.89. The van der Waals surface area contributed by atoms with Crippen molar-refractivity contribution in [3.63, 3.8) is 0 Å². The zero-order chi connectivity index (χ0) is 17.8. The average molecular weight is 335 g/mol. The Labute approximate surface area is 147 Å². The number of rotatable bonds is 5. The number of carbonyl (C=O) groups is 1. The van der Waals surface area contributed by atoms with Crippen LogP contribution in [0.25, 0.3) is 0 Å². The van der Waals surface area contributed by atoms with Crippen LogP contribution in [0.1, 0.15) is 47.2 Å². The van der Waals surface area contributed by atoms with E-state index in [1.165, 1.54) is 0 Å². The number of hydrogen-bond acceptors (Lipinski definition) is 4. The lowest BCUT2D eigenvalue weighted by molar-refractivity contribution is -0.122. The Hall–Kier alpha value is -2.95. The predicted molar refractivity (Wildman–Crippen MR) is 95.1 cm³/mol. The Bertz CT molecular complexity index is 785. The SMILES string of the molecule is Cc1noc(C)c1C(C)C(=O)NC(c1ccccc1)c1ccccn1. The van der Waals surface area contributed by atoms with Crippen molar-refractivity contribution in [1.82, 2.24) is 15.5 Å². The number of aryl methyl sites for hydroxylation is 2. The normalized spacial score (nSPS) is 13.2. The molecule has 0 aliphatic rings. The van der Waals surface area contributed by atoms with Gasteiger partial charge in [0.2, 0.25) is 5.91 Å². The Morgan fingerprint density at radius 3 is 2.40 bits per heavy atom. The third-order valence-electron chi connectivity index (χ3n) is 4.32. The van der Waals surface area contributed by atoms with Crippen LogP contribution in [-0.4, -0.2) is 16.0 Å². The summed E-state index contributed by atoms with van der Waals surface area (Å²) in [5.41, 5.74) is 3.37. The van der Waals surface area contributed by atoms with E-state index in [0.717, 1.165) is 22.5 Å². The van der Waals surface area contributed by atoms with Crippen LogP contribution in [0.2, 0.25) is 0 Å². The van der Waals surface area contributed by atoms with E-state index >= 15 is 0 Å². The van der Waals surface area contributed by atoms with Gasteiger partial charge in [-0.1, -0.05) is 41.6 Å². The lowest BCUT2D eigenvalue weighted by Crippen LogP contribution is -2.33. The Kier molecular flexibility index (Phi) is 4.93. The first-order valence-corrected chi connectivity index (χ1v) is 8.27. The molecule has 1 amide bonds. The van der Waals surface area contributed by atoms with Gasteiger partial charge in [-0.2, -0.15) is 0 Å². The van der Waals surface area contributed by atoms with Crippen LogP contribution in [0.5, 0.6) is 0 Å². The summed E-state index contributed by atoms with van der Waals surface area (Å²) >= 11 is 0. The third-order valence-corrected chi connectivity index (χ3v) is 4.32. The van der Waals surface area contributed by atoms with Crippen molar-refractivity contribution in [1.29, 1.82) is 0 Å². The molecule has 0 fully saturated rings. The fraction of sp³-hybridized carbons (Fsp3) is 0.250. The van der Waals surface area contributed by atoms with Crippen molar-refractivity contribution in [2.24, 2.45) is 0 Å². The Morgan fingerprint density at radius 1 is 1.08 bits per heavy atom. The predicted octanol–water partition coefficient (Wildman–Crippen LogP) is 3.70. The van der Waals surface area contributed by atoms with Gasteiger partial charge in [-0.05, 0) is 38.5 Å². The molecule has 2 aromatic heterocycles. The molecule has 25 heavy (non-hydrogen) atoms. The van der Waals surface area contributed by atoms with E-state index in [2.05, 4.69) is 15.5 Å². The van der Waals surface area contributed by atoms with Crippen molar-refractivity contribution < 1.29 is 9.32 Å².